The molecule has 0 amide bonds. The van der Waals surface area contributed by atoms with Gasteiger partial charge in [-0.1, -0.05) is 26.8 Å². The van der Waals surface area contributed by atoms with Crippen LogP contribution in [-0.4, -0.2) is 31.0 Å². The van der Waals surface area contributed by atoms with Crippen molar-refractivity contribution in [1.29, 1.82) is 0 Å². The lowest BCUT2D eigenvalue weighted by atomic mass is 10.0. The summed E-state index contributed by atoms with van der Waals surface area (Å²) in [5.74, 6) is 1.97. The standard InChI is InChI=1S/C22H23N5O2.C3H8/c1-14(9-21-23-7-5-22(28)26(21)4)15(2)27-8-6-19-18(13-27)10-17(11-25-19)20-12-24-16(3)29-20;1-3-2/h5,7,9-12H,2,6,8,13H2,1,3-4H3;3H2,1-2H3/b14-9-;. The Morgan fingerprint density at radius 2 is 2.00 bits per heavy atom. The molecule has 1 aliphatic heterocycles. The minimum atomic E-state index is -0.0854. The molecule has 0 saturated carbocycles. The first-order valence-corrected chi connectivity index (χ1v) is 10.9. The van der Waals surface area contributed by atoms with E-state index in [0.29, 0.717) is 18.3 Å². The summed E-state index contributed by atoms with van der Waals surface area (Å²) >= 11 is 0. The molecule has 0 atom stereocenters. The van der Waals surface area contributed by atoms with Crippen molar-refractivity contribution >= 4 is 6.08 Å². The number of nitrogens with zero attached hydrogens (tertiary/aromatic N) is 5. The number of rotatable bonds is 4. The molecule has 0 unspecified atom stereocenters. The molecule has 0 N–H and O–H groups in total. The number of allylic oxidation sites excluding steroid dienone is 1. The third-order valence-electron chi connectivity index (χ3n) is 5.23. The van der Waals surface area contributed by atoms with Gasteiger partial charge in [0.15, 0.2) is 11.7 Å². The predicted octanol–water partition coefficient (Wildman–Crippen LogP) is 4.53. The predicted molar refractivity (Wildman–Crippen MR) is 127 cm³/mol. The number of aromatic nitrogens is 4. The van der Waals surface area contributed by atoms with Crippen molar-refractivity contribution in [1.82, 2.24) is 24.4 Å². The Morgan fingerprint density at radius 3 is 2.69 bits per heavy atom. The van der Waals surface area contributed by atoms with Gasteiger partial charge in [-0.3, -0.25) is 14.3 Å². The molecular weight excluding hydrogens is 402 g/mol. The van der Waals surface area contributed by atoms with Crippen LogP contribution < -0.4 is 5.56 Å². The van der Waals surface area contributed by atoms with Crippen molar-refractivity contribution < 1.29 is 4.42 Å². The fourth-order valence-electron chi connectivity index (χ4n) is 3.44. The van der Waals surface area contributed by atoms with Crippen LogP contribution in [0.25, 0.3) is 17.4 Å². The number of fused-ring (bicyclic) bond motifs is 1. The van der Waals surface area contributed by atoms with E-state index in [4.69, 9.17) is 4.42 Å². The van der Waals surface area contributed by atoms with Crippen molar-refractivity contribution in [3.05, 3.63) is 81.9 Å². The van der Waals surface area contributed by atoms with Gasteiger partial charge in [0.25, 0.3) is 5.56 Å². The number of pyridine rings is 1. The van der Waals surface area contributed by atoms with Crippen molar-refractivity contribution in [3.8, 4) is 11.3 Å². The van der Waals surface area contributed by atoms with E-state index in [0.717, 1.165) is 46.8 Å². The summed E-state index contributed by atoms with van der Waals surface area (Å²) in [5.41, 5.74) is 4.97. The van der Waals surface area contributed by atoms with Crippen LogP contribution in [0.2, 0.25) is 0 Å². The topological polar surface area (TPSA) is 77.1 Å². The minimum Gasteiger partial charge on any atom is -0.441 e. The number of oxazole rings is 1. The maximum atomic E-state index is 11.8. The van der Waals surface area contributed by atoms with Gasteiger partial charge >= 0.3 is 0 Å². The molecule has 0 fully saturated rings. The number of hydrogen-bond donors (Lipinski definition) is 0. The SMILES string of the molecule is C=C(/C(C)=C\c1nccc(=O)n1C)N1CCc2ncc(-c3cnc(C)o3)cc2C1.CCC. The lowest BCUT2D eigenvalue weighted by Gasteiger charge is -2.32. The number of aryl methyl sites for hydroxylation is 1. The summed E-state index contributed by atoms with van der Waals surface area (Å²) in [5, 5.41) is 0. The van der Waals surface area contributed by atoms with Crippen LogP contribution in [0.15, 0.2) is 57.8 Å². The fourth-order valence-corrected chi connectivity index (χ4v) is 3.44. The van der Waals surface area contributed by atoms with Gasteiger partial charge in [0.1, 0.15) is 5.82 Å². The van der Waals surface area contributed by atoms with E-state index in [1.54, 1.807) is 13.2 Å². The second kappa shape index (κ2) is 10.2. The Labute approximate surface area is 189 Å². The Morgan fingerprint density at radius 1 is 1.25 bits per heavy atom. The zero-order chi connectivity index (χ0) is 23.3. The van der Waals surface area contributed by atoms with Crippen molar-refractivity contribution in [2.45, 2.75) is 47.1 Å². The van der Waals surface area contributed by atoms with Gasteiger partial charge < -0.3 is 9.32 Å². The summed E-state index contributed by atoms with van der Waals surface area (Å²) in [6.07, 6.45) is 9.09. The zero-order valence-electron chi connectivity index (χ0n) is 19.6. The normalized spacial score (nSPS) is 13.3. The molecule has 3 aromatic heterocycles. The van der Waals surface area contributed by atoms with E-state index < -0.39 is 0 Å². The molecule has 0 radical (unpaired) electrons. The quantitative estimate of drug-likeness (QED) is 0.563. The highest BCUT2D eigenvalue weighted by molar-refractivity contribution is 5.57. The lowest BCUT2D eigenvalue weighted by molar-refractivity contribution is 0.326. The van der Waals surface area contributed by atoms with Crippen LogP contribution in [0.4, 0.5) is 0 Å². The second-order valence-corrected chi connectivity index (χ2v) is 7.93. The largest absolute Gasteiger partial charge is 0.441 e. The van der Waals surface area contributed by atoms with Crippen molar-refractivity contribution in [2.24, 2.45) is 7.05 Å². The first-order valence-electron chi connectivity index (χ1n) is 10.9. The monoisotopic (exact) mass is 433 g/mol. The van der Waals surface area contributed by atoms with E-state index in [1.165, 1.54) is 23.3 Å². The third-order valence-corrected chi connectivity index (χ3v) is 5.23. The van der Waals surface area contributed by atoms with Gasteiger partial charge in [-0.25, -0.2) is 9.97 Å². The summed E-state index contributed by atoms with van der Waals surface area (Å²) < 4.78 is 7.16. The fraction of sp³-hybridized carbons (Fsp3) is 0.360. The van der Waals surface area contributed by atoms with Crippen molar-refractivity contribution in [2.75, 3.05) is 6.54 Å². The van der Waals surface area contributed by atoms with Crippen LogP contribution in [0.5, 0.6) is 0 Å². The summed E-state index contributed by atoms with van der Waals surface area (Å²) in [4.78, 5) is 27.1. The zero-order valence-corrected chi connectivity index (χ0v) is 19.6. The smallest absolute Gasteiger partial charge is 0.253 e. The van der Waals surface area contributed by atoms with Gasteiger partial charge in [0.05, 0.1) is 6.20 Å². The summed E-state index contributed by atoms with van der Waals surface area (Å²) in [6, 6.07) is 3.56. The van der Waals surface area contributed by atoms with Crippen LogP contribution in [0.3, 0.4) is 0 Å². The van der Waals surface area contributed by atoms with E-state index in [-0.39, 0.29) is 5.56 Å². The Kier molecular flexibility index (Phi) is 7.41. The average molecular weight is 434 g/mol. The van der Waals surface area contributed by atoms with E-state index in [1.807, 2.05) is 26.1 Å². The molecule has 0 spiro atoms. The molecule has 0 bridgehead atoms. The molecule has 0 aliphatic carbocycles. The first-order chi connectivity index (χ1) is 15.3. The first kappa shape index (κ1) is 23.2. The van der Waals surface area contributed by atoms with Gasteiger partial charge in [-0.15, -0.1) is 0 Å². The van der Waals surface area contributed by atoms with E-state index >= 15 is 0 Å². The van der Waals surface area contributed by atoms with Crippen LogP contribution in [0.1, 0.15) is 50.2 Å². The Hall–Kier alpha value is -3.48. The maximum absolute atomic E-state index is 11.8. The van der Waals surface area contributed by atoms with Gasteiger partial charge in [-0.05, 0) is 30.2 Å². The van der Waals surface area contributed by atoms with Crippen LogP contribution in [0, 0.1) is 6.92 Å². The summed E-state index contributed by atoms with van der Waals surface area (Å²) in [6.45, 7) is 13.9. The Bertz CT molecular complexity index is 1190. The molecule has 32 heavy (non-hydrogen) atoms. The highest BCUT2D eigenvalue weighted by atomic mass is 16.4. The highest BCUT2D eigenvalue weighted by Gasteiger charge is 2.20. The molecule has 4 rings (SSSR count). The number of hydrogen-bond acceptors (Lipinski definition) is 6. The molecule has 4 heterocycles. The molecule has 3 aromatic rings. The average Bonchev–Trinajstić information content (AvgIpc) is 3.22. The molecular formula is C25H31N5O2. The van der Waals surface area contributed by atoms with Gasteiger partial charge in [-0.2, -0.15) is 0 Å². The third kappa shape index (κ3) is 5.22. The van der Waals surface area contributed by atoms with E-state index in [2.05, 4.69) is 46.3 Å². The summed E-state index contributed by atoms with van der Waals surface area (Å²) in [7, 11) is 1.72. The highest BCUT2D eigenvalue weighted by Crippen LogP contribution is 2.28. The maximum Gasteiger partial charge on any atom is 0.253 e. The van der Waals surface area contributed by atoms with Crippen LogP contribution in [-0.2, 0) is 20.0 Å². The molecule has 0 aromatic carbocycles. The molecule has 0 saturated heterocycles. The van der Waals surface area contributed by atoms with Gasteiger partial charge in [0, 0.05) is 68.9 Å². The lowest BCUT2D eigenvalue weighted by Crippen LogP contribution is -2.30. The van der Waals surface area contributed by atoms with Gasteiger partial charge in [0.2, 0.25) is 0 Å². The van der Waals surface area contributed by atoms with Crippen LogP contribution >= 0.6 is 0 Å². The Balaban J connectivity index is 0.000000913. The molecule has 7 heteroatoms. The molecule has 7 nitrogen and oxygen atoms in total. The minimum absolute atomic E-state index is 0.0854. The molecule has 1 aliphatic rings. The van der Waals surface area contributed by atoms with Crippen molar-refractivity contribution in [3.63, 3.8) is 0 Å². The molecule has 168 valence electrons. The second-order valence-electron chi connectivity index (χ2n) is 7.93. The van der Waals surface area contributed by atoms with E-state index in [9.17, 15) is 4.79 Å².